The number of nitrogens with zero attached hydrogens (tertiary/aromatic N) is 3. The maximum atomic E-state index is 12.3. The molecule has 0 saturated heterocycles. The van der Waals surface area contributed by atoms with Crippen molar-refractivity contribution in [2.45, 2.75) is 6.61 Å². The van der Waals surface area contributed by atoms with Crippen molar-refractivity contribution in [3.63, 3.8) is 0 Å². The van der Waals surface area contributed by atoms with E-state index in [2.05, 4.69) is 25.3 Å². The molecule has 144 valence electrons. The Morgan fingerprint density at radius 1 is 1.18 bits per heavy atom. The SMILES string of the molecule is Nc1ncnc2nc(NCCP(=O)(O)OCc3ccc4ccccc4c3)[nH]c12. The molecule has 0 fully saturated rings. The normalized spacial score (nSPS) is 13.6. The lowest BCUT2D eigenvalue weighted by Gasteiger charge is -2.13. The zero-order valence-corrected chi connectivity index (χ0v) is 15.8. The lowest BCUT2D eigenvalue weighted by Crippen LogP contribution is -2.09. The first kappa shape index (κ1) is 18.4. The van der Waals surface area contributed by atoms with E-state index in [1.165, 1.54) is 6.33 Å². The van der Waals surface area contributed by atoms with Crippen molar-refractivity contribution in [1.82, 2.24) is 19.9 Å². The van der Waals surface area contributed by atoms with Crippen molar-refractivity contribution in [3.8, 4) is 0 Å². The molecule has 28 heavy (non-hydrogen) atoms. The fourth-order valence-corrected chi connectivity index (χ4v) is 3.69. The third-order valence-electron chi connectivity index (χ3n) is 4.25. The minimum Gasteiger partial charge on any atom is -0.382 e. The van der Waals surface area contributed by atoms with Crippen LogP contribution < -0.4 is 11.1 Å². The van der Waals surface area contributed by atoms with Gasteiger partial charge in [-0.25, -0.2) is 9.97 Å². The molecule has 2 aromatic heterocycles. The topological polar surface area (TPSA) is 139 Å². The molecule has 1 unspecified atom stereocenters. The van der Waals surface area contributed by atoms with Crippen LogP contribution in [-0.2, 0) is 15.7 Å². The first-order valence-electron chi connectivity index (χ1n) is 8.64. The van der Waals surface area contributed by atoms with E-state index in [1.54, 1.807) is 0 Å². The summed E-state index contributed by atoms with van der Waals surface area (Å²) in [6.07, 6.45) is 1.25. The van der Waals surface area contributed by atoms with Gasteiger partial charge in [-0.2, -0.15) is 4.98 Å². The summed E-state index contributed by atoms with van der Waals surface area (Å²) in [5, 5.41) is 5.11. The number of nitrogens with two attached hydrogens (primary N) is 1. The summed E-state index contributed by atoms with van der Waals surface area (Å²) < 4.78 is 17.6. The first-order chi connectivity index (χ1) is 13.5. The van der Waals surface area contributed by atoms with Gasteiger partial charge >= 0.3 is 7.60 Å². The van der Waals surface area contributed by atoms with Crippen LogP contribution in [0.25, 0.3) is 21.9 Å². The number of nitrogen functional groups attached to an aromatic ring is 1. The quantitative estimate of drug-likeness (QED) is 0.349. The molecule has 4 aromatic rings. The van der Waals surface area contributed by atoms with E-state index in [4.69, 9.17) is 10.3 Å². The molecule has 9 nitrogen and oxygen atoms in total. The molecule has 0 aliphatic heterocycles. The van der Waals surface area contributed by atoms with Gasteiger partial charge in [0, 0.05) is 6.54 Å². The van der Waals surface area contributed by atoms with E-state index in [0.717, 1.165) is 16.3 Å². The van der Waals surface area contributed by atoms with Crippen LogP contribution in [0.2, 0.25) is 0 Å². The number of nitrogens with one attached hydrogen (secondary N) is 2. The largest absolute Gasteiger partial charge is 0.382 e. The summed E-state index contributed by atoms with van der Waals surface area (Å²) in [5.74, 6) is 0.689. The molecule has 4 rings (SSSR count). The van der Waals surface area contributed by atoms with Crippen molar-refractivity contribution < 1.29 is 14.0 Å². The third kappa shape index (κ3) is 4.12. The molecule has 0 bridgehead atoms. The number of H-pyrrole nitrogens is 1. The Morgan fingerprint density at radius 3 is 2.82 bits per heavy atom. The number of imidazole rings is 1. The summed E-state index contributed by atoms with van der Waals surface area (Å²) >= 11 is 0. The standard InChI is InChI=1S/C18H19N6O3P/c19-16-15-17(22-11-21-16)24-18(23-15)20-7-8-28(25,26)27-10-12-5-6-13-3-1-2-4-14(13)9-12/h1-6,9,11H,7-8,10H2,(H,25,26)(H4,19,20,21,22,23,24). The van der Waals surface area contributed by atoms with Gasteiger partial charge in [0.05, 0.1) is 12.8 Å². The molecule has 0 radical (unpaired) electrons. The first-order valence-corrected chi connectivity index (χ1v) is 10.4. The highest BCUT2D eigenvalue weighted by Crippen LogP contribution is 2.42. The summed E-state index contributed by atoms with van der Waals surface area (Å²) in [7, 11) is -3.76. The van der Waals surface area contributed by atoms with Gasteiger partial charge < -0.3 is 25.5 Å². The Labute approximate surface area is 160 Å². The number of fused-ring (bicyclic) bond motifs is 2. The van der Waals surface area contributed by atoms with E-state index in [9.17, 15) is 9.46 Å². The molecule has 0 saturated carbocycles. The van der Waals surface area contributed by atoms with Gasteiger partial charge in [-0.05, 0) is 22.4 Å². The number of rotatable bonds is 7. The summed E-state index contributed by atoms with van der Waals surface area (Å²) in [6, 6.07) is 13.7. The number of hydrogen-bond donors (Lipinski definition) is 4. The van der Waals surface area contributed by atoms with Crippen LogP contribution in [0.5, 0.6) is 0 Å². The second kappa shape index (κ2) is 7.55. The van der Waals surface area contributed by atoms with Crippen LogP contribution in [0.1, 0.15) is 5.56 Å². The molecule has 0 aliphatic rings. The second-order valence-electron chi connectivity index (χ2n) is 6.29. The number of benzene rings is 2. The smallest absolute Gasteiger partial charge is 0.330 e. The molecule has 1 atom stereocenters. The van der Waals surface area contributed by atoms with E-state index < -0.39 is 7.60 Å². The Kier molecular flexibility index (Phi) is 4.95. The molecule has 2 aromatic carbocycles. The van der Waals surface area contributed by atoms with E-state index >= 15 is 0 Å². The Hall–Kier alpha value is -3.00. The number of aromatic nitrogens is 4. The molecule has 10 heteroatoms. The van der Waals surface area contributed by atoms with Gasteiger partial charge in [0.15, 0.2) is 11.5 Å². The van der Waals surface area contributed by atoms with Crippen LogP contribution in [0.3, 0.4) is 0 Å². The average Bonchev–Trinajstić information content (AvgIpc) is 3.10. The van der Waals surface area contributed by atoms with Gasteiger partial charge in [0.1, 0.15) is 11.8 Å². The van der Waals surface area contributed by atoms with Crippen LogP contribution >= 0.6 is 7.60 Å². The predicted octanol–water partition coefficient (Wildman–Crippen LogP) is 2.90. The summed E-state index contributed by atoms with van der Waals surface area (Å²) in [6.45, 7) is 0.258. The van der Waals surface area contributed by atoms with Crippen LogP contribution in [0, 0.1) is 0 Å². The maximum Gasteiger partial charge on any atom is 0.330 e. The number of hydrogen-bond acceptors (Lipinski definition) is 7. The zero-order valence-electron chi connectivity index (χ0n) is 14.9. The van der Waals surface area contributed by atoms with E-state index in [-0.39, 0.29) is 25.1 Å². The van der Waals surface area contributed by atoms with Crippen molar-refractivity contribution in [2.24, 2.45) is 0 Å². The highest BCUT2D eigenvalue weighted by Gasteiger charge is 2.19. The molecule has 5 N–H and O–H groups in total. The van der Waals surface area contributed by atoms with Crippen LogP contribution in [-0.4, -0.2) is 37.5 Å². The van der Waals surface area contributed by atoms with Gasteiger partial charge in [0.25, 0.3) is 0 Å². The Bertz CT molecular complexity index is 1180. The lowest BCUT2D eigenvalue weighted by atomic mass is 10.1. The molecular formula is C18H19N6O3P. The van der Waals surface area contributed by atoms with Gasteiger partial charge in [0.2, 0.25) is 5.95 Å². The van der Waals surface area contributed by atoms with Crippen LogP contribution in [0.15, 0.2) is 48.8 Å². The fourth-order valence-electron chi connectivity index (χ4n) is 2.81. The van der Waals surface area contributed by atoms with E-state index in [1.807, 2.05) is 42.5 Å². The summed E-state index contributed by atoms with van der Waals surface area (Å²) in [5.41, 5.74) is 7.53. The average molecular weight is 398 g/mol. The highest BCUT2D eigenvalue weighted by atomic mass is 31.2. The minimum atomic E-state index is -3.76. The van der Waals surface area contributed by atoms with Gasteiger partial charge in [-0.15, -0.1) is 0 Å². The molecule has 0 amide bonds. The zero-order chi connectivity index (χ0) is 19.6. The van der Waals surface area contributed by atoms with Crippen molar-refractivity contribution >= 4 is 41.3 Å². The Balaban J connectivity index is 1.33. The molecule has 0 spiro atoms. The molecule has 2 heterocycles. The highest BCUT2D eigenvalue weighted by molar-refractivity contribution is 7.52. The van der Waals surface area contributed by atoms with Crippen LogP contribution in [0.4, 0.5) is 11.8 Å². The lowest BCUT2D eigenvalue weighted by molar-refractivity contribution is 0.251. The number of aromatic amines is 1. The van der Waals surface area contributed by atoms with Gasteiger partial charge in [-0.1, -0.05) is 36.4 Å². The van der Waals surface area contributed by atoms with Crippen molar-refractivity contribution in [2.75, 3.05) is 23.8 Å². The fraction of sp³-hybridized carbons (Fsp3) is 0.167. The second-order valence-corrected chi connectivity index (χ2v) is 8.27. The Morgan fingerprint density at radius 2 is 2.00 bits per heavy atom. The molecular weight excluding hydrogens is 379 g/mol. The van der Waals surface area contributed by atoms with E-state index in [0.29, 0.717) is 17.1 Å². The summed E-state index contributed by atoms with van der Waals surface area (Å²) in [4.78, 5) is 25.1. The molecule has 0 aliphatic carbocycles. The van der Waals surface area contributed by atoms with Crippen molar-refractivity contribution in [1.29, 1.82) is 0 Å². The third-order valence-corrected chi connectivity index (χ3v) is 5.57. The maximum absolute atomic E-state index is 12.3. The monoisotopic (exact) mass is 398 g/mol. The predicted molar refractivity (Wildman–Crippen MR) is 108 cm³/mol. The minimum absolute atomic E-state index is 0.0649. The van der Waals surface area contributed by atoms with Gasteiger partial charge in [-0.3, -0.25) is 4.57 Å². The van der Waals surface area contributed by atoms with Crippen molar-refractivity contribution in [3.05, 3.63) is 54.4 Å². The number of anilines is 2.